The molecule has 0 saturated carbocycles. The highest BCUT2D eigenvalue weighted by Gasteiger charge is 2.36. The maximum atomic E-state index is 12.7. The summed E-state index contributed by atoms with van der Waals surface area (Å²) in [5, 5.41) is 16.2. The fraction of sp³-hybridized carbons (Fsp3) is 0.308. The molecule has 0 aliphatic rings. The molecule has 0 aliphatic heterocycles. The first-order valence-electron chi connectivity index (χ1n) is 6.61. The number of hydrogen-bond acceptors (Lipinski definition) is 6. The Kier molecular flexibility index (Phi) is 3.68. The van der Waals surface area contributed by atoms with E-state index in [1.54, 1.807) is 19.1 Å². The maximum Gasteiger partial charge on any atom is 0.453 e. The zero-order chi connectivity index (χ0) is 16.6. The molecule has 3 rings (SSSR count). The quantitative estimate of drug-likeness (QED) is 0.764. The van der Waals surface area contributed by atoms with Gasteiger partial charge in [0.05, 0.1) is 6.26 Å². The first-order valence-corrected chi connectivity index (χ1v) is 6.61. The second-order valence-corrected chi connectivity index (χ2v) is 4.84. The molecule has 3 heterocycles. The Morgan fingerprint density at radius 1 is 1.39 bits per heavy atom. The van der Waals surface area contributed by atoms with Crippen LogP contribution in [0, 0.1) is 6.92 Å². The van der Waals surface area contributed by atoms with Crippen LogP contribution >= 0.6 is 0 Å². The first-order chi connectivity index (χ1) is 10.8. The molecule has 2 N–H and O–H groups in total. The second-order valence-electron chi connectivity index (χ2n) is 4.84. The molecule has 1 unspecified atom stereocenters. The average molecular weight is 327 g/mol. The van der Waals surface area contributed by atoms with Crippen LogP contribution < -0.4 is 5.32 Å². The largest absolute Gasteiger partial charge is 0.467 e. The first kappa shape index (κ1) is 15.3. The number of halogens is 3. The molecule has 7 nitrogen and oxygen atoms in total. The van der Waals surface area contributed by atoms with Crippen LogP contribution in [0.1, 0.15) is 23.4 Å². The summed E-state index contributed by atoms with van der Waals surface area (Å²) in [6.45, 7) is 1.64. The molecule has 0 aromatic carbocycles. The van der Waals surface area contributed by atoms with E-state index in [0.717, 1.165) is 4.52 Å². The van der Waals surface area contributed by atoms with E-state index in [-0.39, 0.29) is 18.1 Å². The summed E-state index contributed by atoms with van der Waals surface area (Å²) >= 11 is 0. The van der Waals surface area contributed by atoms with E-state index >= 15 is 0 Å². The molecule has 0 bridgehead atoms. The number of fused-ring (bicyclic) bond motifs is 1. The number of aryl methyl sites for hydroxylation is 1. The molecule has 10 heteroatoms. The van der Waals surface area contributed by atoms with E-state index in [1.807, 2.05) is 0 Å². The monoisotopic (exact) mass is 327 g/mol. The molecule has 0 saturated heterocycles. The van der Waals surface area contributed by atoms with Gasteiger partial charge in [0.2, 0.25) is 0 Å². The van der Waals surface area contributed by atoms with Crippen LogP contribution in [0.5, 0.6) is 0 Å². The molecule has 0 spiro atoms. The number of aliphatic hydroxyl groups is 1. The Balaban J connectivity index is 1.89. The van der Waals surface area contributed by atoms with Crippen molar-refractivity contribution in [2.45, 2.75) is 19.2 Å². The van der Waals surface area contributed by atoms with Crippen molar-refractivity contribution in [2.24, 2.45) is 0 Å². The van der Waals surface area contributed by atoms with Crippen molar-refractivity contribution < 1.29 is 22.7 Å². The van der Waals surface area contributed by atoms with Gasteiger partial charge in [-0.2, -0.15) is 22.7 Å². The number of aromatic nitrogens is 4. The van der Waals surface area contributed by atoms with E-state index < -0.39 is 18.1 Å². The van der Waals surface area contributed by atoms with Gasteiger partial charge < -0.3 is 14.8 Å². The molecule has 122 valence electrons. The van der Waals surface area contributed by atoms with Gasteiger partial charge >= 0.3 is 6.18 Å². The zero-order valence-corrected chi connectivity index (χ0v) is 11.9. The number of hydrogen-bond donors (Lipinski definition) is 2. The lowest BCUT2D eigenvalue weighted by atomic mass is 10.2. The lowest BCUT2D eigenvalue weighted by Gasteiger charge is -2.11. The number of rotatable bonds is 4. The zero-order valence-electron chi connectivity index (χ0n) is 11.9. The molecule has 23 heavy (non-hydrogen) atoms. The van der Waals surface area contributed by atoms with Gasteiger partial charge in [0.1, 0.15) is 17.7 Å². The Labute approximate surface area is 127 Å². The molecule has 0 amide bonds. The standard InChI is InChI=1S/C13H12F3N5O2/c1-7-5-10(17-6-8(22)9-3-2-4-23-9)21-12(18-7)19-11(20-21)13(14,15)16/h2-5,8,17,22H,6H2,1H3. The van der Waals surface area contributed by atoms with Gasteiger partial charge in [0.25, 0.3) is 11.6 Å². The highest BCUT2D eigenvalue weighted by molar-refractivity contribution is 5.45. The Morgan fingerprint density at radius 2 is 2.17 bits per heavy atom. The van der Waals surface area contributed by atoms with Gasteiger partial charge in [-0.3, -0.25) is 0 Å². The lowest BCUT2D eigenvalue weighted by Crippen LogP contribution is -2.15. The maximum absolute atomic E-state index is 12.7. The fourth-order valence-corrected chi connectivity index (χ4v) is 2.02. The third-order valence-corrected chi connectivity index (χ3v) is 3.04. The summed E-state index contributed by atoms with van der Waals surface area (Å²) < 4.78 is 44.2. The minimum Gasteiger partial charge on any atom is -0.467 e. The van der Waals surface area contributed by atoms with Gasteiger partial charge in [0.15, 0.2) is 0 Å². The summed E-state index contributed by atoms with van der Waals surface area (Å²) in [5.74, 6) is -0.868. The molecule has 0 fully saturated rings. The Morgan fingerprint density at radius 3 is 2.83 bits per heavy atom. The van der Waals surface area contributed by atoms with Crippen molar-refractivity contribution in [3.05, 3.63) is 41.7 Å². The highest BCUT2D eigenvalue weighted by Crippen LogP contribution is 2.27. The second kappa shape index (κ2) is 5.54. The summed E-state index contributed by atoms with van der Waals surface area (Å²) in [6, 6.07) is 4.73. The molecule has 3 aromatic rings. The number of nitrogens with zero attached hydrogens (tertiary/aromatic N) is 4. The third kappa shape index (κ3) is 3.11. The average Bonchev–Trinajstić information content (AvgIpc) is 3.12. The van der Waals surface area contributed by atoms with Gasteiger partial charge in [-0.25, -0.2) is 4.98 Å². The van der Waals surface area contributed by atoms with E-state index in [0.29, 0.717) is 11.5 Å². The molecular weight excluding hydrogens is 315 g/mol. The summed E-state index contributed by atoms with van der Waals surface area (Å²) in [6.07, 6.45) is -4.20. The summed E-state index contributed by atoms with van der Waals surface area (Å²) in [7, 11) is 0. The van der Waals surface area contributed by atoms with Gasteiger partial charge in [-0.1, -0.05) is 0 Å². The molecule has 1 atom stereocenters. The third-order valence-electron chi connectivity index (χ3n) is 3.04. The van der Waals surface area contributed by atoms with E-state index in [1.165, 1.54) is 12.3 Å². The van der Waals surface area contributed by atoms with Crippen LogP contribution in [-0.4, -0.2) is 31.2 Å². The Bertz CT molecular complexity index is 813. The van der Waals surface area contributed by atoms with Gasteiger partial charge in [0, 0.05) is 18.3 Å². The van der Waals surface area contributed by atoms with Crippen molar-refractivity contribution in [3.63, 3.8) is 0 Å². The summed E-state index contributed by atoms with van der Waals surface area (Å²) in [4.78, 5) is 7.29. The van der Waals surface area contributed by atoms with Crippen molar-refractivity contribution in [2.75, 3.05) is 11.9 Å². The normalized spacial score (nSPS) is 13.4. The molecule has 3 aromatic heterocycles. The smallest absolute Gasteiger partial charge is 0.453 e. The van der Waals surface area contributed by atoms with E-state index in [4.69, 9.17) is 4.42 Å². The van der Waals surface area contributed by atoms with Crippen LogP contribution in [0.3, 0.4) is 0 Å². The van der Waals surface area contributed by atoms with E-state index in [9.17, 15) is 18.3 Å². The van der Waals surface area contributed by atoms with E-state index in [2.05, 4.69) is 20.4 Å². The van der Waals surface area contributed by atoms with Crippen LogP contribution in [-0.2, 0) is 6.18 Å². The highest BCUT2D eigenvalue weighted by atomic mass is 19.4. The lowest BCUT2D eigenvalue weighted by molar-refractivity contribution is -0.144. The van der Waals surface area contributed by atoms with Crippen LogP contribution in [0.2, 0.25) is 0 Å². The van der Waals surface area contributed by atoms with Crippen LogP contribution in [0.4, 0.5) is 19.0 Å². The fourth-order valence-electron chi connectivity index (χ4n) is 2.02. The van der Waals surface area contributed by atoms with Crippen LogP contribution in [0.25, 0.3) is 5.78 Å². The minimum absolute atomic E-state index is 0.0211. The summed E-state index contributed by atoms with van der Waals surface area (Å²) in [5.41, 5.74) is 0.466. The number of anilines is 1. The minimum atomic E-state index is -4.66. The molecule has 0 radical (unpaired) electrons. The molecular formula is C13H12F3N5O2. The van der Waals surface area contributed by atoms with Crippen LogP contribution in [0.15, 0.2) is 28.9 Å². The number of nitrogens with one attached hydrogen (secondary N) is 1. The van der Waals surface area contributed by atoms with Crippen molar-refractivity contribution in [3.8, 4) is 0 Å². The molecule has 0 aliphatic carbocycles. The number of alkyl halides is 3. The Hall–Kier alpha value is -2.62. The topological polar surface area (TPSA) is 88.5 Å². The van der Waals surface area contributed by atoms with Crippen molar-refractivity contribution in [1.29, 1.82) is 0 Å². The SMILES string of the molecule is Cc1cc(NCC(O)c2ccco2)n2nc(C(F)(F)F)nc2n1. The van der Waals surface area contributed by atoms with Gasteiger partial charge in [-0.15, -0.1) is 5.10 Å². The predicted molar refractivity (Wildman–Crippen MR) is 72.7 cm³/mol. The number of furan rings is 1. The number of aliphatic hydroxyl groups excluding tert-OH is 1. The van der Waals surface area contributed by atoms with Gasteiger partial charge in [-0.05, 0) is 19.1 Å². The predicted octanol–water partition coefficient (Wildman–Crippen LogP) is 2.19. The van der Waals surface area contributed by atoms with Crippen molar-refractivity contribution >= 4 is 11.6 Å². The van der Waals surface area contributed by atoms with Crippen molar-refractivity contribution in [1.82, 2.24) is 19.6 Å².